The number of hydrogen-bond donors (Lipinski definition) is 1. The van der Waals surface area contributed by atoms with Crippen molar-refractivity contribution >= 4 is 11.3 Å². The van der Waals surface area contributed by atoms with Crippen molar-refractivity contribution in [2.24, 2.45) is 0 Å². The summed E-state index contributed by atoms with van der Waals surface area (Å²) in [5.74, 6) is 0. The summed E-state index contributed by atoms with van der Waals surface area (Å²) in [4.78, 5) is 4.62. The first-order chi connectivity index (χ1) is 7.28. The van der Waals surface area contributed by atoms with Crippen molar-refractivity contribution in [3.05, 3.63) is 16.1 Å². The van der Waals surface area contributed by atoms with Crippen molar-refractivity contribution in [1.29, 1.82) is 0 Å². The average Bonchev–Trinajstić information content (AvgIpc) is 2.73. The minimum atomic E-state index is 0.0279. The first-order valence-electron chi connectivity index (χ1n) is 5.57. The molecule has 4 heteroatoms. The van der Waals surface area contributed by atoms with Gasteiger partial charge in [0.2, 0.25) is 0 Å². The second-order valence-corrected chi connectivity index (χ2v) is 5.46. The third-order valence-electron chi connectivity index (χ3n) is 3.11. The Bertz CT molecular complexity index is 353. The Morgan fingerprint density at radius 2 is 2.47 bits per heavy atom. The summed E-state index contributed by atoms with van der Waals surface area (Å²) in [5.41, 5.74) is 1.15. The number of ether oxygens (including phenoxy) is 1. The van der Waals surface area contributed by atoms with E-state index in [0.717, 1.165) is 25.3 Å². The number of aromatic nitrogens is 1. The van der Waals surface area contributed by atoms with E-state index in [4.69, 9.17) is 4.74 Å². The number of hydrogen-bond acceptors (Lipinski definition) is 4. The molecule has 0 radical (unpaired) electrons. The molecule has 15 heavy (non-hydrogen) atoms. The van der Waals surface area contributed by atoms with Gasteiger partial charge in [0.25, 0.3) is 0 Å². The molecule has 3 nitrogen and oxygen atoms in total. The summed E-state index contributed by atoms with van der Waals surface area (Å²) in [7, 11) is 0. The van der Waals surface area contributed by atoms with Gasteiger partial charge in [-0.2, -0.15) is 0 Å². The van der Waals surface area contributed by atoms with Crippen LogP contribution >= 0.6 is 11.3 Å². The average molecular weight is 224 g/mol. The van der Waals surface area contributed by atoms with Crippen LogP contribution in [0, 0.1) is 6.92 Å². The fourth-order valence-electron chi connectivity index (χ4n) is 2.10. The first kappa shape index (κ1) is 9.75. The summed E-state index contributed by atoms with van der Waals surface area (Å²) in [6, 6.07) is 0.705. The maximum absolute atomic E-state index is 5.56. The lowest BCUT2D eigenvalue weighted by Gasteiger charge is -2.26. The second-order valence-electron chi connectivity index (χ2n) is 4.60. The molecule has 0 aromatic carbocycles. The molecule has 3 rings (SSSR count). The van der Waals surface area contributed by atoms with Crippen molar-refractivity contribution in [1.82, 2.24) is 10.3 Å². The zero-order valence-electron chi connectivity index (χ0n) is 8.95. The van der Waals surface area contributed by atoms with Gasteiger partial charge >= 0.3 is 0 Å². The van der Waals surface area contributed by atoms with Gasteiger partial charge in [0.15, 0.2) is 0 Å². The molecule has 1 atom stereocenters. The summed E-state index contributed by atoms with van der Waals surface area (Å²) >= 11 is 1.76. The topological polar surface area (TPSA) is 34.1 Å². The van der Waals surface area contributed by atoms with Crippen molar-refractivity contribution < 1.29 is 4.74 Å². The standard InChI is InChI=1S/C11H16N2OS/c1-8-6-15-10(12-8)11(4-5-14-7-11)13-9-2-3-9/h6,9,13H,2-5,7H2,1H3. The Morgan fingerprint density at radius 3 is 3.00 bits per heavy atom. The lowest BCUT2D eigenvalue weighted by Crippen LogP contribution is -2.44. The van der Waals surface area contributed by atoms with E-state index in [0.29, 0.717) is 6.04 Å². The zero-order chi connectivity index (χ0) is 10.3. The molecule has 1 aliphatic heterocycles. The lowest BCUT2D eigenvalue weighted by molar-refractivity contribution is 0.165. The van der Waals surface area contributed by atoms with Crippen LogP contribution < -0.4 is 5.32 Å². The van der Waals surface area contributed by atoms with Gasteiger partial charge in [0.05, 0.1) is 12.1 Å². The summed E-state index contributed by atoms with van der Waals surface area (Å²) in [5, 5.41) is 7.06. The Kier molecular flexibility index (Phi) is 2.30. The van der Waals surface area contributed by atoms with Gasteiger partial charge in [-0.3, -0.25) is 0 Å². The molecule has 1 saturated carbocycles. The molecule has 0 spiro atoms. The van der Waals surface area contributed by atoms with Gasteiger partial charge in [0, 0.05) is 23.7 Å². The minimum absolute atomic E-state index is 0.0279. The quantitative estimate of drug-likeness (QED) is 0.850. The SMILES string of the molecule is Cc1csc(C2(NC3CC3)CCOC2)n1. The van der Waals surface area contributed by atoms with E-state index >= 15 is 0 Å². The van der Waals surface area contributed by atoms with E-state index in [2.05, 4.69) is 22.6 Å². The predicted octanol–water partition coefficient (Wildman–Crippen LogP) is 1.82. The molecular formula is C11H16N2OS. The molecule has 2 fully saturated rings. The molecule has 1 aliphatic carbocycles. The number of nitrogens with one attached hydrogen (secondary N) is 1. The van der Waals surface area contributed by atoms with E-state index in [1.54, 1.807) is 11.3 Å². The minimum Gasteiger partial charge on any atom is -0.379 e. The van der Waals surface area contributed by atoms with E-state index < -0.39 is 0 Å². The molecule has 2 heterocycles. The molecule has 1 N–H and O–H groups in total. The van der Waals surface area contributed by atoms with Gasteiger partial charge in [0.1, 0.15) is 5.01 Å². The Labute approximate surface area is 93.9 Å². The number of rotatable bonds is 3. The van der Waals surface area contributed by atoms with Crippen LogP contribution in [0.15, 0.2) is 5.38 Å². The van der Waals surface area contributed by atoms with E-state index in [1.165, 1.54) is 17.8 Å². The maximum Gasteiger partial charge on any atom is 0.115 e. The molecule has 2 aliphatic rings. The Balaban J connectivity index is 1.88. The van der Waals surface area contributed by atoms with Crippen LogP contribution in [-0.2, 0) is 10.3 Å². The number of nitrogens with zero attached hydrogens (tertiary/aromatic N) is 1. The molecular weight excluding hydrogens is 208 g/mol. The highest BCUT2D eigenvalue weighted by atomic mass is 32.1. The molecule has 1 unspecified atom stereocenters. The lowest BCUT2D eigenvalue weighted by atomic mass is 9.99. The van der Waals surface area contributed by atoms with Crippen LogP contribution in [-0.4, -0.2) is 24.2 Å². The van der Waals surface area contributed by atoms with Crippen LogP contribution in [0.2, 0.25) is 0 Å². The summed E-state index contributed by atoms with van der Waals surface area (Å²) in [6.07, 6.45) is 3.69. The highest BCUT2D eigenvalue weighted by molar-refractivity contribution is 7.09. The largest absolute Gasteiger partial charge is 0.379 e. The third kappa shape index (κ3) is 1.82. The highest BCUT2D eigenvalue weighted by Gasteiger charge is 2.42. The third-order valence-corrected chi connectivity index (χ3v) is 4.27. The molecule has 0 amide bonds. The van der Waals surface area contributed by atoms with Crippen molar-refractivity contribution in [2.75, 3.05) is 13.2 Å². The highest BCUT2D eigenvalue weighted by Crippen LogP contribution is 2.36. The van der Waals surface area contributed by atoms with Gasteiger partial charge in [-0.15, -0.1) is 11.3 Å². The van der Waals surface area contributed by atoms with Gasteiger partial charge in [-0.1, -0.05) is 0 Å². The smallest absolute Gasteiger partial charge is 0.115 e. The van der Waals surface area contributed by atoms with Gasteiger partial charge in [-0.25, -0.2) is 4.98 Å². The van der Waals surface area contributed by atoms with E-state index in [9.17, 15) is 0 Å². The monoisotopic (exact) mass is 224 g/mol. The van der Waals surface area contributed by atoms with Crippen LogP contribution in [0.25, 0.3) is 0 Å². The molecule has 0 bridgehead atoms. The maximum atomic E-state index is 5.56. The fourth-order valence-corrected chi connectivity index (χ4v) is 3.08. The van der Waals surface area contributed by atoms with Crippen LogP contribution in [0.1, 0.15) is 30.0 Å². The van der Waals surface area contributed by atoms with E-state index in [1.807, 2.05) is 0 Å². The summed E-state index contributed by atoms with van der Waals surface area (Å²) < 4.78 is 5.56. The van der Waals surface area contributed by atoms with Crippen molar-refractivity contribution in [2.45, 2.75) is 37.8 Å². The first-order valence-corrected chi connectivity index (χ1v) is 6.44. The van der Waals surface area contributed by atoms with Crippen LogP contribution in [0.3, 0.4) is 0 Å². The molecule has 1 aromatic heterocycles. The van der Waals surface area contributed by atoms with Crippen molar-refractivity contribution in [3.63, 3.8) is 0 Å². The molecule has 82 valence electrons. The Hall–Kier alpha value is -0.450. The second kappa shape index (κ2) is 3.54. The summed E-state index contributed by atoms with van der Waals surface area (Å²) in [6.45, 7) is 3.70. The predicted molar refractivity (Wildman–Crippen MR) is 60.1 cm³/mol. The van der Waals surface area contributed by atoms with Crippen LogP contribution in [0.5, 0.6) is 0 Å². The van der Waals surface area contributed by atoms with Crippen molar-refractivity contribution in [3.8, 4) is 0 Å². The number of aryl methyl sites for hydroxylation is 1. The molecule has 1 saturated heterocycles. The van der Waals surface area contributed by atoms with Crippen LogP contribution in [0.4, 0.5) is 0 Å². The van der Waals surface area contributed by atoms with Gasteiger partial charge < -0.3 is 10.1 Å². The van der Waals surface area contributed by atoms with E-state index in [-0.39, 0.29) is 5.54 Å². The van der Waals surface area contributed by atoms with Gasteiger partial charge in [-0.05, 0) is 26.2 Å². The zero-order valence-corrected chi connectivity index (χ0v) is 9.77. The number of thiazole rings is 1. The Morgan fingerprint density at radius 1 is 1.60 bits per heavy atom. The molecule has 1 aromatic rings. The fraction of sp³-hybridized carbons (Fsp3) is 0.727. The normalized spacial score (nSPS) is 31.0.